The Labute approximate surface area is 60.4 Å². The maximum atomic E-state index is 4.12. The second kappa shape index (κ2) is 2.18. The highest BCUT2D eigenvalue weighted by molar-refractivity contribution is 5.55. The van der Waals surface area contributed by atoms with Crippen molar-refractivity contribution in [3.05, 3.63) is 41.6 Å². The predicted octanol–water partition coefficient (Wildman–Crippen LogP) is 1.58. The third kappa shape index (κ3) is 0.798. The molecule has 0 spiro atoms. The van der Waals surface area contributed by atoms with Crippen LogP contribution in [0.5, 0.6) is 0 Å². The van der Waals surface area contributed by atoms with Crippen LogP contribution >= 0.6 is 0 Å². The molecule has 2 radical (unpaired) electrons. The summed E-state index contributed by atoms with van der Waals surface area (Å²) < 4.78 is 0. The van der Waals surface area contributed by atoms with Crippen molar-refractivity contribution >= 4 is 6.08 Å². The zero-order valence-corrected chi connectivity index (χ0v) is 5.54. The molecule has 0 aromatic heterocycles. The molecule has 0 saturated carbocycles. The minimum Gasteiger partial charge on any atom is -0.288 e. The van der Waals surface area contributed by atoms with Gasteiger partial charge < -0.3 is 0 Å². The smallest absolute Gasteiger partial charge is 0.0645 e. The third-order valence-electron chi connectivity index (χ3n) is 1.61. The molecule has 2 rings (SSSR count). The van der Waals surface area contributed by atoms with E-state index in [0.29, 0.717) is 0 Å². The number of rotatable bonds is 0. The van der Waals surface area contributed by atoms with Crippen LogP contribution in [0.25, 0.3) is 6.08 Å². The van der Waals surface area contributed by atoms with Gasteiger partial charge in [-0.15, -0.1) is 0 Å². The second-order valence-corrected chi connectivity index (χ2v) is 2.28. The molecule has 48 valence electrons. The van der Waals surface area contributed by atoms with E-state index in [-0.39, 0.29) is 0 Å². The maximum Gasteiger partial charge on any atom is 0.0645 e. The zero-order valence-electron chi connectivity index (χ0n) is 5.54. The summed E-state index contributed by atoms with van der Waals surface area (Å²) in [4.78, 5) is 0. The van der Waals surface area contributed by atoms with Gasteiger partial charge in [-0.2, -0.15) is 0 Å². The lowest BCUT2D eigenvalue weighted by atomic mass is 10.1. The fourth-order valence-electron chi connectivity index (χ4n) is 1.06. The number of fused-ring (bicyclic) bond motifs is 1. The first-order chi connectivity index (χ1) is 4.97. The summed E-state index contributed by atoms with van der Waals surface area (Å²) in [5.41, 5.74) is 2.54. The Morgan fingerprint density at radius 3 is 3.40 bits per heavy atom. The molecule has 1 heteroatoms. The molecule has 1 heterocycles. The highest BCUT2D eigenvalue weighted by Gasteiger charge is 2.00. The van der Waals surface area contributed by atoms with E-state index in [4.69, 9.17) is 0 Å². The summed E-state index contributed by atoms with van der Waals surface area (Å²) in [5, 5.41) is 4.12. The van der Waals surface area contributed by atoms with E-state index in [9.17, 15) is 0 Å². The molecule has 0 saturated heterocycles. The molecule has 0 N–H and O–H groups in total. The quantitative estimate of drug-likeness (QED) is 0.505. The molecule has 1 aromatic rings. The van der Waals surface area contributed by atoms with Gasteiger partial charge >= 0.3 is 0 Å². The number of benzene rings is 1. The zero-order chi connectivity index (χ0) is 6.81. The summed E-state index contributed by atoms with van der Waals surface area (Å²) in [5.74, 6) is 0. The van der Waals surface area contributed by atoms with Crippen molar-refractivity contribution in [2.75, 3.05) is 0 Å². The lowest BCUT2D eigenvalue weighted by molar-refractivity contribution is 0.841. The molecular weight excluding hydrogens is 122 g/mol. The van der Waals surface area contributed by atoms with E-state index in [1.54, 1.807) is 0 Å². The Bertz CT molecular complexity index is 263. The fourth-order valence-corrected chi connectivity index (χ4v) is 1.06. The van der Waals surface area contributed by atoms with Gasteiger partial charge in [0.05, 0.1) is 6.54 Å². The minimum atomic E-state index is 0.809. The molecule has 0 aliphatic carbocycles. The van der Waals surface area contributed by atoms with Gasteiger partial charge in [0.15, 0.2) is 0 Å². The van der Waals surface area contributed by atoms with Crippen molar-refractivity contribution in [3.8, 4) is 0 Å². The summed E-state index contributed by atoms with van der Waals surface area (Å²) in [6, 6.07) is 9.00. The molecule has 1 aliphatic heterocycles. The molecule has 0 atom stereocenters. The Morgan fingerprint density at radius 2 is 2.50 bits per heavy atom. The molecule has 1 aliphatic rings. The molecule has 1 aromatic carbocycles. The van der Waals surface area contributed by atoms with Crippen molar-refractivity contribution in [1.82, 2.24) is 5.32 Å². The summed E-state index contributed by atoms with van der Waals surface area (Å²) in [7, 11) is 0. The average molecular weight is 129 g/mol. The van der Waals surface area contributed by atoms with Gasteiger partial charge in [0.25, 0.3) is 0 Å². The van der Waals surface area contributed by atoms with Gasteiger partial charge in [-0.1, -0.05) is 12.1 Å². The molecule has 1 nitrogen and oxygen atoms in total. The van der Waals surface area contributed by atoms with E-state index >= 15 is 0 Å². The monoisotopic (exact) mass is 129 g/mol. The van der Waals surface area contributed by atoms with Crippen LogP contribution in [-0.4, -0.2) is 0 Å². The van der Waals surface area contributed by atoms with Crippen LogP contribution in [0.3, 0.4) is 0 Å². The molecule has 0 amide bonds. The molecule has 0 bridgehead atoms. The van der Waals surface area contributed by atoms with Gasteiger partial charge in [0, 0.05) is 6.20 Å². The summed E-state index contributed by atoms with van der Waals surface area (Å²) >= 11 is 0. The van der Waals surface area contributed by atoms with Crippen LogP contribution in [-0.2, 0) is 6.54 Å². The number of nitrogens with zero attached hydrogens (tertiary/aromatic N) is 1. The topological polar surface area (TPSA) is 14.1 Å². The normalized spacial score (nSPS) is 14.0. The van der Waals surface area contributed by atoms with Crippen LogP contribution < -0.4 is 5.32 Å². The Kier molecular flexibility index (Phi) is 1.21. The minimum absolute atomic E-state index is 0.809. The molecule has 10 heavy (non-hydrogen) atoms. The number of hydrogen-bond donors (Lipinski definition) is 0. The highest BCUT2D eigenvalue weighted by atomic mass is 14.8. The van der Waals surface area contributed by atoms with E-state index in [1.165, 1.54) is 11.1 Å². The van der Waals surface area contributed by atoms with Gasteiger partial charge in [0.1, 0.15) is 0 Å². The summed E-state index contributed by atoms with van der Waals surface area (Å²) in [6.07, 6.45) is 3.87. The highest BCUT2D eigenvalue weighted by Crippen LogP contribution is 2.13. The lowest BCUT2D eigenvalue weighted by Gasteiger charge is -2.07. The number of hydrogen-bond acceptors (Lipinski definition) is 0. The third-order valence-corrected chi connectivity index (χ3v) is 1.61. The van der Waals surface area contributed by atoms with Crippen LogP contribution in [0.15, 0.2) is 24.4 Å². The molecule has 0 unspecified atom stereocenters. The van der Waals surface area contributed by atoms with Crippen molar-refractivity contribution in [2.45, 2.75) is 6.54 Å². The summed E-state index contributed by atoms with van der Waals surface area (Å²) in [6.45, 7) is 0.809. The van der Waals surface area contributed by atoms with E-state index in [2.05, 4.69) is 17.4 Å². The van der Waals surface area contributed by atoms with Gasteiger partial charge in [-0.3, -0.25) is 5.32 Å². The van der Waals surface area contributed by atoms with Crippen LogP contribution in [0.4, 0.5) is 0 Å². The first kappa shape index (κ1) is 5.54. The second-order valence-electron chi connectivity index (χ2n) is 2.28. The maximum absolute atomic E-state index is 4.12. The van der Waals surface area contributed by atoms with E-state index in [0.717, 1.165) is 6.54 Å². The van der Waals surface area contributed by atoms with Crippen molar-refractivity contribution < 1.29 is 0 Å². The fraction of sp³-hybridized carbons (Fsp3) is 0.111. The van der Waals surface area contributed by atoms with Gasteiger partial charge in [-0.25, -0.2) is 0 Å². The van der Waals surface area contributed by atoms with Crippen LogP contribution in [0.1, 0.15) is 11.1 Å². The van der Waals surface area contributed by atoms with Crippen molar-refractivity contribution in [1.29, 1.82) is 0 Å². The van der Waals surface area contributed by atoms with Crippen molar-refractivity contribution in [2.24, 2.45) is 0 Å². The van der Waals surface area contributed by atoms with Crippen LogP contribution in [0, 0.1) is 6.07 Å². The van der Waals surface area contributed by atoms with Gasteiger partial charge in [-0.05, 0) is 29.3 Å². The van der Waals surface area contributed by atoms with E-state index < -0.39 is 0 Å². The largest absolute Gasteiger partial charge is 0.288 e. The first-order valence-corrected chi connectivity index (χ1v) is 3.29. The Balaban J connectivity index is 2.54. The Hall–Kier alpha value is -1.24. The SMILES string of the molecule is [c]1ccc2c(c1)C[N]C=C2. The average Bonchev–Trinajstić information content (AvgIpc) is 2.05. The Morgan fingerprint density at radius 1 is 1.50 bits per heavy atom. The van der Waals surface area contributed by atoms with Crippen molar-refractivity contribution in [3.63, 3.8) is 0 Å². The lowest BCUT2D eigenvalue weighted by Crippen LogP contribution is -2.02. The molecular formula is C9H7N. The van der Waals surface area contributed by atoms with Gasteiger partial charge in [0.2, 0.25) is 0 Å². The van der Waals surface area contributed by atoms with Crippen LogP contribution in [0.2, 0.25) is 0 Å². The predicted molar refractivity (Wildman–Crippen MR) is 40.2 cm³/mol. The van der Waals surface area contributed by atoms with E-state index in [1.807, 2.05) is 24.4 Å². The molecule has 0 fully saturated rings. The standard InChI is InChI=1S/C9H7N/c1-2-4-9-7-10-6-5-8(9)3-1/h1,3-6H,7H2. The first-order valence-electron chi connectivity index (χ1n) is 3.29.